The summed E-state index contributed by atoms with van der Waals surface area (Å²) in [6.07, 6.45) is 12.5. The second kappa shape index (κ2) is 10.5. The summed E-state index contributed by atoms with van der Waals surface area (Å²) in [7, 11) is -0.905. The molecule has 0 fully saturated rings. The maximum absolute atomic E-state index is 11.1. The second-order valence-electron chi connectivity index (χ2n) is 6.49. The van der Waals surface area contributed by atoms with E-state index in [1.807, 2.05) is 12.3 Å². The lowest BCUT2D eigenvalue weighted by Crippen LogP contribution is -2.20. The number of pyridine rings is 1. The zero-order chi connectivity index (χ0) is 18.9. The Kier molecular flexibility index (Phi) is 7.79. The van der Waals surface area contributed by atoms with Gasteiger partial charge in [0.2, 0.25) is 0 Å². The Morgan fingerprint density at radius 1 is 1.26 bits per heavy atom. The number of hydrogen-bond donors (Lipinski definition) is 1. The van der Waals surface area contributed by atoms with Crippen LogP contribution in [0.3, 0.4) is 0 Å². The molecule has 2 aromatic rings. The van der Waals surface area contributed by atoms with Crippen LogP contribution in [0.15, 0.2) is 48.7 Å². The third-order valence-corrected chi connectivity index (χ3v) is 5.42. The highest BCUT2D eigenvalue weighted by Gasteiger charge is 2.13. The van der Waals surface area contributed by atoms with Crippen LogP contribution in [0.1, 0.15) is 30.4 Å². The van der Waals surface area contributed by atoms with E-state index in [1.54, 1.807) is 0 Å². The highest BCUT2D eigenvalue weighted by molar-refractivity contribution is 7.33. The molecule has 0 amide bonds. The highest BCUT2D eigenvalue weighted by Crippen LogP contribution is 2.32. The highest BCUT2D eigenvalue weighted by atomic mass is 31.1. The molecule has 0 radical (unpaired) electrons. The minimum absolute atomic E-state index is 0.445. The van der Waals surface area contributed by atoms with E-state index < -0.39 is 8.25 Å². The fraction of sp³-hybridized carbons (Fsp3) is 0.381. The molecule has 3 rings (SSSR count). The van der Waals surface area contributed by atoms with Crippen molar-refractivity contribution in [3.63, 3.8) is 0 Å². The lowest BCUT2D eigenvalue weighted by molar-refractivity contribution is 0.252. The average Bonchev–Trinajstić information content (AvgIpc) is 2.73. The number of rotatable bonds is 10. The molecule has 1 N–H and O–H groups in total. The molecule has 1 atom stereocenters. The van der Waals surface area contributed by atoms with Crippen LogP contribution in [0.4, 0.5) is 0 Å². The van der Waals surface area contributed by atoms with Crippen LogP contribution >= 0.6 is 8.25 Å². The van der Waals surface area contributed by atoms with Gasteiger partial charge in [0.1, 0.15) is 0 Å². The second-order valence-corrected chi connectivity index (χ2v) is 7.69. The monoisotopic (exact) mass is 386 g/mol. The molecule has 0 bridgehead atoms. The van der Waals surface area contributed by atoms with Gasteiger partial charge >= 0.3 is 8.25 Å². The van der Waals surface area contributed by atoms with Gasteiger partial charge in [-0.25, -0.2) is 0 Å². The van der Waals surface area contributed by atoms with Crippen molar-refractivity contribution >= 4 is 24.7 Å². The smallest absolute Gasteiger partial charge is 0.316 e. The Morgan fingerprint density at radius 2 is 2.15 bits per heavy atom. The van der Waals surface area contributed by atoms with E-state index in [0.717, 1.165) is 44.3 Å². The maximum Gasteiger partial charge on any atom is 0.318 e. The number of hydrogen-bond acceptors (Lipinski definition) is 5. The largest absolute Gasteiger partial charge is 0.318 e. The van der Waals surface area contributed by atoms with Gasteiger partial charge in [-0.1, -0.05) is 36.4 Å². The van der Waals surface area contributed by atoms with Crippen molar-refractivity contribution < 1.29 is 13.6 Å². The fourth-order valence-electron chi connectivity index (χ4n) is 3.32. The Labute approximate surface area is 161 Å². The Hall–Kier alpha value is -1.78. The Bertz CT molecular complexity index is 848. The maximum atomic E-state index is 11.1. The molecule has 6 heteroatoms. The van der Waals surface area contributed by atoms with E-state index in [9.17, 15) is 4.57 Å². The lowest BCUT2D eigenvalue weighted by atomic mass is 9.90. The first-order valence-electron chi connectivity index (χ1n) is 9.43. The summed E-state index contributed by atoms with van der Waals surface area (Å²) >= 11 is 0. The van der Waals surface area contributed by atoms with Crippen molar-refractivity contribution in [3.05, 3.63) is 59.8 Å². The summed E-state index contributed by atoms with van der Waals surface area (Å²) < 4.78 is 20.8. The summed E-state index contributed by atoms with van der Waals surface area (Å²) in [4.78, 5) is 4.66. The van der Waals surface area contributed by atoms with Crippen LogP contribution in [0, 0.1) is 0 Å². The number of nitrogens with one attached hydrogen (secondary N) is 1. The van der Waals surface area contributed by atoms with E-state index in [-0.39, 0.29) is 0 Å². The predicted molar refractivity (Wildman–Crippen MR) is 111 cm³/mol. The molecule has 144 valence electrons. The summed E-state index contributed by atoms with van der Waals surface area (Å²) in [5.41, 5.74) is 5.06. The van der Waals surface area contributed by atoms with Crippen LogP contribution in [0.5, 0.6) is 0 Å². The van der Waals surface area contributed by atoms with Crippen LogP contribution in [0.2, 0.25) is 0 Å². The summed E-state index contributed by atoms with van der Waals surface area (Å²) in [6, 6.07) is 8.37. The van der Waals surface area contributed by atoms with Crippen molar-refractivity contribution in [1.29, 1.82) is 0 Å². The van der Waals surface area contributed by atoms with E-state index in [4.69, 9.17) is 4.52 Å². The number of allylic oxidation sites excluding steroid dienone is 4. The van der Waals surface area contributed by atoms with Crippen molar-refractivity contribution in [3.8, 4) is 0 Å². The van der Waals surface area contributed by atoms with Gasteiger partial charge in [0, 0.05) is 18.7 Å². The molecule has 1 aliphatic rings. The molecule has 27 heavy (non-hydrogen) atoms. The van der Waals surface area contributed by atoms with Crippen molar-refractivity contribution in [2.45, 2.75) is 25.7 Å². The number of nitrogens with zero attached hydrogens (tertiary/aromatic N) is 1. The zero-order valence-corrected chi connectivity index (χ0v) is 16.7. The number of aromatic nitrogens is 1. The molecular formula is C21H27N2O3P. The molecule has 1 aromatic carbocycles. The first kappa shape index (κ1) is 20.0. The topological polar surface area (TPSA) is 60.5 Å². The molecule has 1 heterocycles. The van der Waals surface area contributed by atoms with Crippen molar-refractivity contribution in [2.24, 2.45) is 0 Å². The number of para-hydroxylation sites is 1. The summed E-state index contributed by atoms with van der Waals surface area (Å²) in [5, 5.41) is 4.66. The molecule has 1 aromatic heterocycles. The van der Waals surface area contributed by atoms with E-state index in [1.165, 1.54) is 29.2 Å². The predicted octanol–water partition coefficient (Wildman–Crippen LogP) is 4.54. The van der Waals surface area contributed by atoms with Gasteiger partial charge in [0.05, 0.1) is 12.1 Å². The molecule has 0 spiro atoms. The van der Waals surface area contributed by atoms with Crippen LogP contribution in [-0.2, 0) is 20.0 Å². The standard InChI is InChI=1S/C21H27N2O3P/c1-25-27(24)26-15-7-13-22-14-12-18-16-23-20-11-6-5-10-19(20)21(18)17-8-3-2-4-9-17/h2-3,5-6,8,10-11,16,22,27H,4,7,9,12-15H2,1H3. The first-order chi connectivity index (χ1) is 13.3. The normalized spacial score (nSPS) is 15.1. The van der Waals surface area contributed by atoms with Crippen molar-refractivity contribution in [1.82, 2.24) is 10.3 Å². The quantitative estimate of drug-likeness (QED) is 0.480. The number of fused-ring (bicyclic) bond motifs is 1. The summed E-state index contributed by atoms with van der Waals surface area (Å²) in [5.74, 6) is 0. The molecule has 1 aliphatic carbocycles. The van der Waals surface area contributed by atoms with Gasteiger partial charge in [-0.2, -0.15) is 0 Å². The van der Waals surface area contributed by atoms with Gasteiger partial charge in [-0.05, 0) is 61.5 Å². The molecule has 0 aliphatic heterocycles. The summed E-state index contributed by atoms with van der Waals surface area (Å²) in [6.45, 7) is 2.14. The van der Waals surface area contributed by atoms with Crippen LogP contribution in [-0.4, -0.2) is 31.8 Å². The lowest BCUT2D eigenvalue weighted by Gasteiger charge is -2.17. The fourth-order valence-corrected chi connectivity index (χ4v) is 3.75. The minimum Gasteiger partial charge on any atom is -0.316 e. The third-order valence-electron chi connectivity index (χ3n) is 4.64. The molecule has 0 saturated heterocycles. The van der Waals surface area contributed by atoms with Crippen LogP contribution in [0.25, 0.3) is 16.5 Å². The number of benzene rings is 1. The van der Waals surface area contributed by atoms with Gasteiger partial charge in [0.25, 0.3) is 0 Å². The van der Waals surface area contributed by atoms with E-state index in [2.05, 4.69) is 51.3 Å². The Balaban J connectivity index is 1.63. The molecule has 5 nitrogen and oxygen atoms in total. The SMILES string of the molecule is CO[PH](=O)OCCCNCCc1cnc2ccccc2c1C1=CC=CCC1. The van der Waals surface area contributed by atoms with E-state index >= 15 is 0 Å². The molecular weight excluding hydrogens is 359 g/mol. The minimum atomic E-state index is -2.30. The van der Waals surface area contributed by atoms with Gasteiger partial charge in [-0.3, -0.25) is 9.55 Å². The Morgan fingerprint density at radius 3 is 2.96 bits per heavy atom. The van der Waals surface area contributed by atoms with Gasteiger partial charge < -0.3 is 14.4 Å². The molecule has 1 unspecified atom stereocenters. The zero-order valence-electron chi connectivity index (χ0n) is 15.7. The van der Waals surface area contributed by atoms with E-state index in [0.29, 0.717) is 6.61 Å². The molecule has 0 saturated carbocycles. The third kappa shape index (κ3) is 5.60. The van der Waals surface area contributed by atoms with Crippen LogP contribution < -0.4 is 5.32 Å². The van der Waals surface area contributed by atoms with Gasteiger partial charge in [-0.15, -0.1) is 0 Å². The average molecular weight is 386 g/mol. The van der Waals surface area contributed by atoms with Crippen molar-refractivity contribution in [2.75, 3.05) is 26.8 Å². The first-order valence-corrected chi connectivity index (χ1v) is 10.7. The van der Waals surface area contributed by atoms with Gasteiger partial charge in [0.15, 0.2) is 0 Å².